The fourth-order valence-electron chi connectivity index (χ4n) is 3.30. The van der Waals surface area contributed by atoms with Crippen LogP contribution >= 0.6 is 15.9 Å². The normalized spacial score (nSPS) is 17.1. The van der Waals surface area contributed by atoms with Crippen LogP contribution in [-0.2, 0) is 0 Å². The van der Waals surface area contributed by atoms with Gasteiger partial charge in [-0.15, -0.1) is 0 Å². The number of benzene rings is 3. The zero-order valence-electron chi connectivity index (χ0n) is 15.0. The molecule has 0 aliphatic carbocycles. The highest BCUT2D eigenvalue weighted by Crippen LogP contribution is 2.35. The predicted molar refractivity (Wildman–Crippen MR) is 121 cm³/mol. The number of anilines is 2. The van der Waals surface area contributed by atoms with Gasteiger partial charge in [0.1, 0.15) is 0 Å². The van der Waals surface area contributed by atoms with Crippen molar-refractivity contribution in [2.75, 3.05) is 11.4 Å². The summed E-state index contributed by atoms with van der Waals surface area (Å²) in [6.07, 6.45) is 6.29. The number of halogens is 1. The Kier molecular flexibility index (Phi) is 5.08. The van der Waals surface area contributed by atoms with Crippen LogP contribution in [0.5, 0.6) is 0 Å². The summed E-state index contributed by atoms with van der Waals surface area (Å²) >= 11 is 3.63. The lowest BCUT2D eigenvalue weighted by molar-refractivity contribution is 1.09. The molecule has 1 heterocycles. The summed E-state index contributed by atoms with van der Waals surface area (Å²) < 4.78 is 1.06. The third-order valence-electron chi connectivity index (χ3n) is 4.74. The van der Waals surface area contributed by atoms with Crippen LogP contribution in [0.3, 0.4) is 0 Å². The van der Waals surface area contributed by atoms with Crippen molar-refractivity contribution in [1.29, 1.82) is 0 Å². The Balaban J connectivity index is 1.76. The van der Waals surface area contributed by atoms with E-state index in [4.69, 9.17) is 0 Å². The van der Waals surface area contributed by atoms with Gasteiger partial charge >= 0.3 is 0 Å². The van der Waals surface area contributed by atoms with Gasteiger partial charge in [0.15, 0.2) is 0 Å². The smallest absolute Gasteiger partial charge is 0.0493 e. The molecule has 1 nitrogen and oxygen atoms in total. The molecule has 4 rings (SSSR count). The first-order valence-corrected chi connectivity index (χ1v) is 9.77. The third kappa shape index (κ3) is 3.81. The summed E-state index contributed by atoms with van der Waals surface area (Å²) in [4.78, 5) is 2.32. The van der Waals surface area contributed by atoms with Crippen molar-refractivity contribution in [3.8, 4) is 11.1 Å². The maximum Gasteiger partial charge on any atom is 0.0493 e. The SMILES string of the molecule is C=C1/C=C\C(Br)=C/CN(c2ccc(-c3ccccc3)cc2)c2ccccc21. The van der Waals surface area contributed by atoms with E-state index in [1.54, 1.807) is 0 Å². The average Bonchev–Trinajstić information content (AvgIpc) is 2.79. The largest absolute Gasteiger partial charge is 0.337 e. The molecule has 0 saturated heterocycles. The second-order valence-electron chi connectivity index (χ2n) is 6.49. The van der Waals surface area contributed by atoms with Gasteiger partial charge in [0, 0.05) is 28.0 Å². The highest BCUT2D eigenvalue weighted by Gasteiger charge is 2.15. The second-order valence-corrected chi connectivity index (χ2v) is 7.40. The molecule has 0 spiro atoms. The van der Waals surface area contributed by atoms with Crippen molar-refractivity contribution in [2.45, 2.75) is 0 Å². The minimum Gasteiger partial charge on any atom is -0.337 e. The zero-order valence-corrected chi connectivity index (χ0v) is 16.6. The first kappa shape index (κ1) is 17.6. The Labute approximate surface area is 169 Å². The van der Waals surface area contributed by atoms with Gasteiger partial charge in [-0.2, -0.15) is 0 Å². The van der Waals surface area contributed by atoms with Crippen molar-refractivity contribution < 1.29 is 0 Å². The molecular weight excluding hydrogens is 394 g/mol. The summed E-state index contributed by atoms with van der Waals surface area (Å²) in [5.41, 5.74) is 6.93. The highest BCUT2D eigenvalue weighted by atomic mass is 79.9. The highest BCUT2D eigenvalue weighted by molar-refractivity contribution is 9.11. The van der Waals surface area contributed by atoms with E-state index < -0.39 is 0 Å². The zero-order chi connectivity index (χ0) is 18.6. The van der Waals surface area contributed by atoms with E-state index in [-0.39, 0.29) is 0 Å². The van der Waals surface area contributed by atoms with Gasteiger partial charge in [0.05, 0.1) is 0 Å². The minimum atomic E-state index is 0.778. The summed E-state index contributed by atoms with van der Waals surface area (Å²) in [6.45, 7) is 5.03. The van der Waals surface area contributed by atoms with Crippen LogP contribution in [-0.4, -0.2) is 6.54 Å². The van der Waals surface area contributed by atoms with Crippen LogP contribution in [0.1, 0.15) is 5.56 Å². The number of para-hydroxylation sites is 1. The monoisotopic (exact) mass is 413 g/mol. The fraction of sp³-hybridized carbons (Fsp3) is 0.0400. The molecule has 27 heavy (non-hydrogen) atoms. The number of hydrogen-bond donors (Lipinski definition) is 0. The number of allylic oxidation sites excluding steroid dienone is 4. The van der Waals surface area contributed by atoms with Crippen LogP contribution in [0.15, 0.2) is 108 Å². The minimum absolute atomic E-state index is 0.778. The summed E-state index contributed by atoms with van der Waals surface area (Å²) in [5.74, 6) is 0. The first-order chi connectivity index (χ1) is 13.2. The van der Waals surface area contributed by atoms with E-state index in [0.29, 0.717) is 0 Å². The molecule has 0 atom stereocenters. The molecule has 0 saturated carbocycles. The molecule has 0 amide bonds. The quantitative estimate of drug-likeness (QED) is 0.424. The van der Waals surface area contributed by atoms with Gasteiger partial charge in [0.25, 0.3) is 0 Å². The first-order valence-electron chi connectivity index (χ1n) is 8.97. The van der Waals surface area contributed by atoms with Crippen molar-refractivity contribution in [1.82, 2.24) is 0 Å². The van der Waals surface area contributed by atoms with Gasteiger partial charge in [-0.05, 0) is 41.0 Å². The molecule has 0 bridgehead atoms. The number of nitrogens with zero attached hydrogens (tertiary/aromatic N) is 1. The van der Waals surface area contributed by atoms with E-state index in [2.05, 4.69) is 118 Å². The van der Waals surface area contributed by atoms with E-state index in [1.165, 1.54) is 11.1 Å². The van der Waals surface area contributed by atoms with E-state index in [9.17, 15) is 0 Å². The van der Waals surface area contributed by atoms with Crippen molar-refractivity contribution in [2.24, 2.45) is 0 Å². The Bertz CT molecular complexity index is 1010. The van der Waals surface area contributed by atoms with Crippen LogP contribution < -0.4 is 4.90 Å². The van der Waals surface area contributed by atoms with Crippen LogP contribution in [0.25, 0.3) is 16.7 Å². The lowest BCUT2D eigenvalue weighted by Gasteiger charge is -2.26. The van der Waals surface area contributed by atoms with Gasteiger partial charge < -0.3 is 4.90 Å². The van der Waals surface area contributed by atoms with Gasteiger partial charge in [-0.1, -0.05) is 95.3 Å². The average molecular weight is 414 g/mol. The van der Waals surface area contributed by atoms with E-state index in [0.717, 1.165) is 33.5 Å². The van der Waals surface area contributed by atoms with Gasteiger partial charge in [-0.3, -0.25) is 0 Å². The van der Waals surface area contributed by atoms with Crippen LogP contribution in [0.4, 0.5) is 11.4 Å². The summed E-state index contributed by atoms with van der Waals surface area (Å²) in [6, 6.07) is 27.7. The summed E-state index contributed by atoms with van der Waals surface area (Å²) in [5, 5.41) is 0. The molecule has 1 aliphatic heterocycles. The molecule has 2 heteroatoms. The van der Waals surface area contributed by atoms with Crippen molar-refractivity contribution in [3.63, 3.8) is 0 Å². The lowest BCUT2D eigenvalue weighted by atomic mass is 10.0. The molecule has 0 N–H and O–H groups in total. The fourth-order valence-corrected chi connectivity index (χ4v) is 3.58. The number of hydrogen-bond acceptors (Lipinski definition) is 1. The Hall–Kier alpha value is -2.84. The molecule has 0 radical (unpaired) electrons. The molecule has 3 aromatic rings. The van der Waals surface area contributed by atoms with Crippen LogP contribution in [0, 0.1) is 0 Å². The van der Waals surface area contributed by atoms with Gasteiger partial charge in [0.2, 0.25) is 0 Å². The molecule has 132 valence electrons. The number of rotatable bonds is 2. The van der Waals surface area contributed by atoms with E-state index >= 15 is 0 Å². The molecule has 0 fully saturated rings. The summed E-state index contributed by atoms with van der Waals surface area (Å²) in [7, 11) is 0. The Morgan fingerprint density at radius 2 is 1.41 bits per heavy atom. The maximum atomic E-state index is 4.25. The van der Waals surface area contributed by atoms with Crippen molar-refractivity contribution in [3.05, 3.63) is 114 Å². The lowest BCUT2D eigenvalue weighted by Crippen LogP contribution is -2.18. The molecule has 0 unspecified atom stereocenters. The van der Waals surface area contributed by atoms with E-state index in [1.807, 2.05) is 6.07 Å². The molecule has 0 aromatic heterocycles. The van der Waals surface area contributed by atoms with Gasteiger partial charge in [-0.25, -0.2) is 0 Å². The maximum absolute atomic E-state index is 4.25. The molecule has 1 aliphatic rings. The molecule has 3 aromatic carbocycles. The Morgan fingerprint density at radius 3 is 2.19 bits per heavy atom. The molecular formula is C25H20BrN. The predicted octanol–water partition coefficient (Wildman–Crippen LogP) is 7.35. The third-order valence-corrected chi connectivity index (χ3v) is 5.33. The Morgan fingerprint density at radius 1 is 0.741 bits per heavy atom. The standard InChI is InChI=1S/C25H20BrN/c1-19-11-14-22(26)17-18-27(25-10-6-5-9-24(19)25)23-15-12-21(13-16-23)20-7-3-2-4-8-20/h2-17H,1,18H2/b14-11-,22-17+. The van der Waals surface area contributed by atoms with Crippen molar-refractivity contribution >= 4 is 32.9 Å². The topological polar surface area (TPSA) is 3.24 Å². The van der Waals surface area contributed by atoms with Crippen LogP contribution in [0.2, 0.25) is 0 Å². The number of fused-ring (bicyclic) bond motifs is 1. The second kappa shape index (κ2) is 7.81.